The number of hydrogen-bond donors (Lipinski definition) is 2. The molecule has 0 rings (SSSR count). The molecular formula is C13H30N2. The van der Waals surface area contributed by atoms with E-state index in [0.29, 0.717) is 5.41 Å². The van der Waals surface area contributed by atoms with Gasteiger partial charge in [-0.3, -0.25) is 0 Å². The maximum absolute atomic E-state index is 5.44. The molecule has 15 heavy (non-hydrogen) atoms. The van der Waals surface area contributed by atoms with Gasteiger partial charge < -0.3 is 11.1 Å². The van der Waals surface area contributed by atoms with E-state index in [2.05, 4.69) is 33.0 Å². The fourth-order valence-corrected chi connectivity index (χ4v) is 1.36. The summed E-state index contributed by atoms with van der Waals surface area (Å²) in [6, 6.07) is 0. The van der Waals surface area contributed by atoms with Crippen LogP contribution in [-0.2, 0) is 0 Å². The van der Waals surface area contributed by atoms with Crippen molar-refractivity contribution in [2.75, 3.05) is 19.6 Å². The molecule has 0 atom stereocenters. The summed E-state index contributed by atoms with van der Waals surface area (Å²) in [4.78, 5) is 0. The Balaban J connectivity index is 3.31. The fraction of sp³-hybridized carbons (Fsp3) is 1.00. The highest BCUT2D eigenvalue weighted by molar-refractivity contribution is 4.74. The first-order chi connectivity index (χ1) is 7.00. The zero-order valence-corrected chi connectivity index (χ0v) is 11.1. The second-order valence-corrected chi connectivity index (χ2v) is 5.52. The molecule has 0 bridgehead atoms. The molecule has 0 aromatic carbocycles. The van der Waals surface area contributed by atoms with Crippen LogP contribution >= 0.6 is 0 Å². The van der Waals surface area contributed by atoms with Crippen LogP contribution in [-0.4, -0.2) is 19.6 Å². The fourth-order valence-electron chi connectivity index (χ4n) is 1.36. The van der Waals surface area contributed by atoms with Gasteiger partial charge >= 0.3 is 0 Å². The van der Waals surface area contributed by atoms with Crippen LogP contribution in [0.25, 0.3) is 0 Å². The standard InChI is InChI=1S/C13H30N2/c1-12(2)13(3,4)11-15-10-8-6-5-7-9-14/h12,15H,5-11,14H2,1-4H3. The predicted molar refractivity (Wildman–Crippen MR) is 69.0 cm³/mol. The van der Waals surface area contributed by atoms with Gasteiger partial charge in [-0.1, -0.05) is 40.5 Å². The molecule has 0 aromatic rings. The van der Waals surface area contributed by atoms with E-state index in [4.69, 9.17) is 5.73 Å². The summed E-state index contributed by atoms with van der Waals surface area (Å²) in [6.45, 7) is 12.4. The molecule has 0 saturated heterocycles. The molecule has 0 fully saturated rings. The van der Waals surface area contributed by atoms with Crippen molar-refractivity contribution in [3.05, 3.63) is 0 Å². The Morgan fingerprint density at radius 1 is 1.07 bits per heavy atom. The van der Waals surface area contributed by atoms with E-state index in [1.807, 2.05) is 0 Å². The molecule has 0 aromatic heterocycles. The first kappa shape index (κ1) is 14.9. The van der Waals surface area contributed by atoms with Crippen LogP contribution in [0.4, 0.5) is 0 Å². The van der Waals surface area contributed by atoms with Crippen molar-refractivity contribution in [3.63, 3.8) is 0 Å². The average Bonchev–Trinajstić information content (AvgIpc) is 2.16. The second kappa shape index (κ2) is 8.12. The normalized spacial score (nSPS) is 12.4. The molecule has 0 radical (unpaired) electrons. The van der Waals surface area contributed by atoms with Crippen LogP contribution in [0.15, 0.2) is 0 Å². The first-order valence-electron chi connectivity index (χ1n) is 6.41. The maximum atomic E-state index is 5.44. The molecule has 2 heteroatoms. The highest BCUT2D eigenvalue weighted by atomic mass is 14.9. The largest absolute Gasteiger partial charge is 0.330 e. The minimum Gasteiger partial charge on any atom is -0.330 e. The van der Waals surface area contributed by atoms with Crippen molar-refractivity contribution in [1.82, 2.24) is 5.32 Å². The summed E-state index contributed by atoms with van der Waals surface area (Å²) in [5, 5.41) is 3.55. The van der Waals surface area contributed by atoms with Crippen molar-refractivity contribution >= 4 is 0 Å². The Morgan fingerprint density at radius 3 is 2.20 bits per heavy atom. The van der Waals surface area contributed by atoms with E-state index in [9.17, 15) is 0 Å². The first-order valence-corrected chi connectivity index (χ1v) is 6.41. The minimum atomic E-state index is 0.414. The van der Waals surface area contributed by atoms with Gasteiger partial charge in [0.25, 0.3) is 0 Å². The molecular weight excluding hydrogens is 184 g/mol. The van der Waals surface area contributed by atoms with E-state index in [1.54, 1.807) is 0 Å². The predicted octanol–water partition coefficient (Wildman–Crippen LogP) is 2.78. The lowest BCUT2D eigenvalue weighted by atomic mass is 9.81. The van der Waals surface area contributed by atoms with Crippen molar-refractivity contribution in [2.45, 2.75) is 53.4 Å². The van der Waals surface area contributed by atoms with Crippen LogP contribution in [0, 0.1) is 11.3 Å². The molecule has 0 saturated carbocycles. The molecule has 0 heterocycles. The molecule has 92 valence electrons. The second-order valence-electron chi connectivity index (χ2n) is 5.52. The lowest BCUT2D eigenvalue weighted by Gasteiger charge is -2.29. The molecule has 0 aliphatic rings. The molecule has 0 aliphatic heterocycles. The number of nitrogens with two attached hydrogens (primary N) is 1. The van der Waals surface area contributed by atoms with Crippen LogP contribution in [0.2, 0.25) is 0 Å². The third kappa shape index (κ3) is 7.80. The zero-order valence-electron chi connectivity index (χ0n) is 11.1. The highest BCUT2D eigenvalue weighted by Gasteiger charge is 2.21. The van der Waals surface area contributed by atoms with Crippen LogP contribution in [0.5, 0.6) is 0 Å². The molecule has 0 aliphatic carbocycles. The van der Waals surface area contributed by atoms with E-state index in [0.717, 1.165) is 25.6 Å². The lowest BCUT2D eigenvalue weighted by Crippen LogP contribution is -2.33. The SMILES string of the molecule is CC(C)C(C)(C)CNCCCCCCN. The van der Waals surface area contributed by atoms with Crippen LogP contribution < -0.4 is 11.1 Å². The summed E-state index contributed by atoms with van der Waals surface area (Å²) in [5.41, 5.74) is 5.86. The van der Waals surface area contributed by atoms with Crippen molar-refractivity contribution < 1.29 is 0 Å². The van der Waals surface area contributed by atoms with Gasteiger partial charge in [0, 0.05) is 6.54 Å². The van der Waals surface area contributed by atoms with Gasteiger partial charge in [0.05, 0.1) is 0 Å². The minimum absolute atomic E-state index is 0.414. The molecule has 3 N–H and O–H groups in total. The highest BCUT2D eigenvalue weighted by Crippen LogP contribution is 2.24. The molecule has 2 nitrogen and oxygen atoms in total. The van der Waals surface area contributed by atoms with Gasteiger partial charge in [0.15, 0.2) is 0 Å². The Bertz CT molecular complexity index is 141. The maximum Gasteiger partial charge on any atom is 0.000496 e. The van der Waals surface area contributed by atoms with Gasteiger partial charge in [-0.2, -0.15) is 0 Å². The topological polar surface area (TPSA) is 38.0 Å². The number of rotatable bonds is 9. The molecule has 0 spiro atoms. The average molecular weight is 214 g/mol. The van der Waals surface area contributed by atoms with E-state index < -0.39 is 0 Å². The van der Waals surface area contributed by atoms with Crippen LogP contribution in [0.3, 0.4) is 0 Å². The van der Waals surface area contributed by atoms with Gasteiger partial charge in [-0.15, -0.1) is 0 Å². The zero-order chi connectivity index (χ0) is 11.7. The Hall–Kier alpha value is -0.0800. The van der Waals surface area contributed by atoms with Gasteiger partial charge in [0.2, 0.25) is 0 Å². The third-order valence-corrected chi connectivity index (χ3v) is 3.45. The lowest BCUT2D eigenvalue weighted by molar-refractivity contribution is 0.238. The summed E-state index contributed by atoms with van der Waals surface area (Å²) in [5.74, 6) is 0.738. The Morgan fingerprint density at radius 2 is 1.67 bits per heavy atom. The van der Waals surface area contributed by atoms with Crippen molar-refractivity contribution in [2.24, 2.45) is 17.1 Å². The summed E-state index contributed by atoms with van der Waals surface area (Å²) >= 11 is 0. The smallest absolute Gasteiger partial charge is 0.000496 e. The van der Waals surface area contributed by atoms with Gasteiger partial charge in [-0.25, -0.2) is 0 Å². The third-order valence-electron chi connectivity index (χ3n) is 3.45. The molecule has 0 unspecified atom stereocenters. The number of hydrogen-bond acceptors (Lipinski definition) is 2. The van der Waals surface area contributed by atoms with Crippen molar-refractivity contribution in [3.8, 4) is 0 Å². The van der Waals surface area contributed by atoms with Gasteiger partial charge in [-0.05, 0) is 37.3 Å². The number of unbranched alkanes of at least 4 members (excludes halogenated alkanes) is 3. The summed E-state index contributed by atoms with van der Waals surface area (Å²) in [6.07, 6.45) is 5.06. The van der Waals surface area contributed by atoms with Crippen LogP contribution in [0.1, 0.15) is 53.4 Å². The summed E-state index contributed by atoms with van der Waals surface area (Å²) in [7, 11) is 0. The number of nitrogens with one attached hydrogen (secondary N) is 1. The van der Waals surface area contributed by atoms with E-state index in [-0.39, 0.29) is 0 Å². The Labute approximate surface area is 96.0 Å². The quantitative estimate of drug-likeness (QED) is 0.579. The summed E-state index contributed by atoms with van der Waals surface area (Å²) < 4.78 is 0. The van der Waals surface area contributed by atoms with E-state index >= 15 is 0 Å². The molecule has 0 amide bonds. The van der Waals surface area contributed by atoms with E-state index in [1.165, 1.54) is 25.7 Å². The van der Waals surface area contributed by atoms with Gasteiger partial charge in [0.1, 0.15) is 0 Å². The van der Waals surface area contributed by atoms with Crippen molar-refractivity contribution in [1.29, 1.82) is 0 Å². The Kier molecular flexibility index (Phi) is 8.07. The monoisotopic (exact) mass is 214 g/mol.